The summed E-state index contributed by atoms with van der Waals surface area (Å²) in [5.74, 6) is -1.49. The van der Waals surface area contributed by atoms with E-state index in [4.69, 9.17) is 9.72 Å². The molecule has 2 fully saturated rings. The van der Waals surface area contributed by atoms with Crippen LogP contribution in [-0.2, 0) is 14.3 Å². The normalized spacial score (nSPS) is 21.0. The van der Waals surface area contributed by atoms with E-state index in [1.54, 1.807) is 54.6 Å². The maximum absolute atomic E-state index is 13.5. The molecule has 2 bridgehead atoms. The number of anilines is 1. The fraction of sp³-hybridized carbons (Fsp3) is 0.154. The molecule has 8 rings (SSSR count). The molecule has 4 aromatic carbocycles. The lowest BCUT2D eigenvalue weighted by atomic mass is 9.85. The molecule has 2 aliphatic carbocycles. The number of nitrogens with zero attached hydrogens (tertiary/aromatic N) is 2. The number of carbonyl (C=O) groups excluding carboxylic acids is 4. The molecular formula is C39H27BrN2O5. The van der Waals surface area contributed by atoms with Crippen molar-refractivity contribution in [1.29, 1.82) is 0 Å². The van der Waals surface area contributed by atoms with E-state index in [9.17, 15) is 19.2 Å². The van der Waals surface area contributed by atoms with Crippen LogP contribution in [0.2, 0.25) is 0 Å². The average molecular weight is 684 g/mol. The molecule has 7 nitrogen and oxygen atoms in total. The van der Waals surface area contributed by atoms with Crippen molar-refractivity contribution in [2.45, 2.75) is 6.42 Å². The van der Waals surface area contributed by atoms with Gasteiger partial charge >= 0.3 is 5.97 Å². The minimum Gasteiger partial charge on any atom is -0.454 e. The molecule has 0 spiro atoms. The van der Waals surface area contributed by atoms with Crippen LogP contribution in [0.25, 0.3) is 33.3 Å². The Kier molecular flexibility index (Phi) is 7.18. The summed E-state index contributed by atoms with van der Waals surface area (Å²) >= 11 is 3.48. The van der Waals surface area contributed by atoms with Crippen molar-refractivity contribution in [3.8, 4) is 22.4 Å². The Bertz CT molecular complexity index is 2100. The Morgan fingerprint density at radius 2 is 1.40 bits per heavy atom. The van der Waals surface area contributed by atoms with Gasteiger partial charge in [-0.1, -0.05) is 94.8 Å². The number of amides is 2. The van der Waals surface area contributed by atoms with Gasteiger partial charge in [0.1, 0.15) is 0 Å². The number of esters is 1. The third-order valence-electron chi connectivity index (χ3n) is 9.53. The van der Waals surface area contributed by atoms with Gasteiger partial charge in [-0.25, -0.2) is 9.78 Å². The molecule has 1 saturated heterocycles. The molecule has 0 N–H and O–H groups in total. The maximum atomic E-state index is 13.5. The summed E-state index contributed by atoms with van der Waals surface area (Å²) in [7, 11) is 0. The van der Waals surface area contributed by atoms with Gasteiger partial charge < -0.3 is 4.74 Å². The van der Waals surface area contributed by atoms with E-state index in [-0.39, 0.29) is 46.8 Å². The molecule has 47 heavy (non-hydrogen) atoms. The number of rotatable bonds is 7. The van der Waals surface area contributed by atoms with Crippen LogP contribution in [0.5, 0.6) is 0 Å². The Balaban J connectivity index is 1.03. The highest BCUT2D eigenvalue weighted by molar-refractivity contribution is 9.10. The van der Waals surface area contributed by atoms with Crippen molar-refractivity contribution in [2.75, 3.05) is 11.5 Å². The molecule has 4 atom stereocenters. The number of hydrogen-bond acceptors (Lipinski definition) is 6. The zero-order valence-electron chi connectivity index (χ0n) is 25.0. The summed E-state index contributed by atoms with van der Waals surface area (Å²) in [6.07, 6.45) is 5.04. The second-order valence-corrected chi connectivity index (χ2v) is 13.1. The predicted octanol–water partition coefficient (Wildman–Crippen LogP) is 7.68. The number of Topliss-reactive ketones (excluding diaryl/α,β-unsaturated/α-hetero) is 1. The van der Waals surface area contributed by atoms with Crippen LogP contribution in [0.4, 0.5) is 5.69 Å². The highest BCUT2D eigenvalue weighted by Gasteiger charge is 2.59. The second kappa shape index (κ2) is 11.5. The van der Waals surface area contributed by atoms with E-state index >= 15 is 0 Å². The number of allylic oxidation sites excluding steroid dienone is 2. The zero-order chi connectivity index (χ0) is 32.2. The monoisotopic (exact) mass is 682 g/mol. The average Bonchev–Trinajstić information content (AvgIpc) is 3.80. The second-order valence-electron chi connectivity index (χ2n) is 12.2. The van der Waals surface area contributed by atoms with E-state index in [1.165, 1.54) is 4.90 Å². The highest BCUT2D eigenvalue weighted by Crippen LogP contribution is 2.53. The lowest BCUT2D eigenvalue weighted by molar-refractivity contribution is -0.123. The summed E-state index contributed by atoms with van der Waals surface area (Å²) in [5, 5.41) is 0.576. The van der Waals surface area contributed by atoms with E-state index in [0.29, 0.717) is 33.4 Å². The van der Waals surface area contributed by atoms with Crippen LogP contribution < -0.4 is 4.90 Å². The number of imide groups is 1. The quantitative estimate of drug-likeness (QED) is 0.0757. The van der Waals surface area contributed by atoms with Crippen LogP contribution in [0.15, 0.2) is 120 Å². The van der Waals surface area contributed by atoms with Gasteiger partial charge in [-0.15, -0.1) is 0 Å². The summed E-state index contributed by atoms with van der Waals surface area (Å²) in [6, 6.07) is 31.2. The smallest absolute Gasteiger partial charge is 0.339 e. The highest BCUT2D eigenvalue weighted by atomic mass is 79.9. The van der Waals surface area contributed by atoms with Gasteiger partial charge in [-0.2, -0.15) is 0 Å². The Hall–Kier alpha value is -5.21. The molecule has 0 radical (unpaired) electrons. The van der Waals surface area contributed by atoms with Crippen LogP contribution in [0, 0.1) is 23.7 Å². The number of benzene rings is 4. The molecule has 2 amide bonds. The predicted molar refractivity (Wildman–Crippen MR) is 182 cm³/mol. The fourth-order valence-electron chi connectivity index (χ4n) is 7.22. The number of aromatic nitrogens is 1. The molecule has 4 unspecified atom stereocenters. The lowest BCUT2D eigenvalue weighted by Gasteiger charge is -2.17. The minimum absolute atomic E-state index is 0.134. The van der Waals surface area contributed by atoms with Crippen molar-refractivity contribution in [1.82, 2.24) is 4.98 Å². The van der Waals surface area contributed by atoms with Gasteiger partial charge in [-0.05, 0) is 65.8 Å². The number of halogens is 1. The van der Waals surface area contributed by atoms with E-state index in [1.807, 2.05) is 48.5 Å². The topological polar surface area (TPSA) is 93.6 Å². The third kappa shape index (κ3) is 5.09. The SMILES string of the molecule is O=C(COC(=O)c1cc(-c2ccc(N3C(=O)C4C5C=CC(C5)C4C3=O)cc2)nc2ccc(Br)cc12)c1ccc(-c2ccccc2)cc1. The molecule has 3 aliphatic rings. The van der Waals surface area contributed by atoms with Crippen LogP contribution in [0.3, 0.4) is 0 Å². The fourth-order valence-corrected chi connectivity index (χ4v) is 7.59. The van der Waals surface area contributed by atoms with Gasteiger partial charge in [0.2, 0.25) is 11.8 Å². The molecular weight excluding hydrogens is 656 g/mol. The molecule has 1 aliphatic heterocycles. The minimum atomic E-state index is -0.648. The first kappa shape index (κ1) is 29.2. The molecule has 230 valence electrons. The first-order valence-electron chi connectivity index (χ1n) is 15.5. The maximum Gasteiger partial charge on any atom is 0.339 e. The van der Waals surface area contributed by atoms with Crippen LogP contribution in [0.1, 0.15) is 27.1 Å². The summed E-state index contributed by atoms with van der Waals surface area (Å²) < 4.78 is 6.31. The summed E-state index contributed by atoms with van der Waals surface area (Å²) in [5.41, 5.74) is 5.05. The first-order valence-corrected chi connectivity index (χ1v) is 16.3. The Morgan fingerprint density at radius 1 is 0.766 bits per heavy atom. The Morgan fingerprint density at radius 3 is 2.09 bits per heavy atom. The number of ether oxygens (including phenoxy) is 1. The largest absolute Gasteiger partial charge is 0.454 e. The van der Waals surface area contributed by atoms with Crippen molar-refractivity contribution in [2.24, 2.45) is 23.7 Å². The van der Waals surface area contributed by atoms with E-state index in [2.05, 4.69) is 28.1 Å². The molecule has 5 aromatic rings. The van der Waals surface area contributed by atoms with Gasteiger partial charge in [0, 0.05) is 21.0 Å². The molecule has 1 aromatic heterocycles. The first-order chi connectivity index (χ1) is 22.9. The van der Waals surface area contributed by atoms with Crippen LogP contribution >= 0.6 is 15.9 Å². The van der Waals surface area contributed by atoms with Gasteiger partial charge in [0.15, 0.2) is 12.4 Å². The number of carbonyl (C=O) groups is 4. The van der Waals surface area contributed by atoms with Crippen molar-refractivity contribution in [3.05, 3.63) is 131 Å². The van der Waals surface area contributed by atoms with Crippen molar-refractivity contribution in [3.63, 3.8) is 0 Å². The number of fused-ring (bicyclic) bond motifs is 6. The molecule has 1 saturated carbocycles. The van der Waals surface area contributed by atoms with E-state index < -0.39 is 12.6 Å². The summed E-state index contributed by atoms with van der Waals surface area (Å²) in [6.45, 7) is -0.414. The number of pyridine rings is 1. The van der Waals surface area contributed by atoms with E-state index in [0.717, 1.165) is 22.0 Å². The van der Waals surface area contributed by atoms with Gasteiger partial charge in [-0.3, -0.25) is 19.3 Å². The van der Waals surface area contributed by atoms with Gasteiger partial charge in [0.25, 0.3) is 0 Å². The number of hydrogen-bond donors (Lipinski definition) is 0. The lowest BCUT2D eigenvalue weighted by Crippen LogP contribution is -2.32. The van der Waals surface area contributed by atoms with Crippen molar-refractivity contribution < 1.29 is 23.9 Å². The van der Waals surface area contributed by atoms with Crippen LogP contribution in [-0.4, -0.2) is 35.2 Å². The Labute approximate surface area is 279 Å². The third-order valence-corrected chi connectivity index (χ3v) is 10.0. The standard InChI is InChI=1S/C39H27BrN2O5/c40-28-14-17-32-30(19-28)31(39(46)47-21-34(43)25-8-6-23(7-9-25)22-4-2-1-3-5-22)20-33(41-32)24-12-15-29(16-13-24)42-37(44)35-26-10-11-27(18-26)36(35)38(42)45/h1-17,19-20,26-27,35-36H,18,21H2. The number of ketones is 1. The molecule has 2 heterocycles. The van der Waals surface area contributed by atoms with Crippen molar-refractivity contribution >= 4 is 56.1 Å². The zero-order valence-corrected chi connectivity index (χ0v) is 26.6. The van der Waals surface area contributed by atoms with Gasteiger partial charge in [0.05, 0.1) is 34.3 Å². The molecule has 8 heteroatoms. The summed E-state index contributed by atoms with van der Waals surface area (Å²) in [4.78, 5) is 59.1.